The minimum absolute atomic E-state index is 0.0890. The van der Waals surface area contributed by atoms with Crippen molar-refractivity contribution in [2.24, 2.45) is 0 Å². The molecular formula is C14H16N2O4S. The third-order valence-electron chi connectivity index (χ3n) is 3.11. The molecule has 112 valence electrons. The Balaban J connectivity index is 2.11. The lowest BCUT2D eigenvalue weighted by Gasteiger charge is -2.01. The van der Waals surface area contributed by atoms with Crippen molar-refractivity contribution in [3.8, 4) is 0 Å². The minimum atomic E-state index is -0.365. The monoisotopic (exact) mass is 308 g/mol. The molecule has 0 saturated carbocycles. The van der Waals surface area contributed by atoms with Crippen LogP contribution in [0, 0.1) is 20.8 Å². The summed E-state index contributed by atoms with van der Waals surface area (Å²) < 4.78 is 10.0. The van der Waals surface area contributed by atoms with E-state index < -0.39 is 0 Å². The number of aryl methyl sites for hydroxylation is 2. The number of furan rings is 1. The zero-order valence-corrected chi connectivity index (χ0v) is 13.1. The van der Waals surface area contributed by atoms with Gasteiger partial charge in [-0.3, -0.25) is 14.9 Å². The number of anilines is 1. The van der Waals surface area contributed by atoms with Crippen molar-refractivity contribution in [1.29, 1.82) is 0 Å². The molecule has 2 rings (SSSR count). The fourth-order valence-electron chi connectivity index (χ4n) is 1.95. The quantitative estimate of drug-likeness (QED) is 0.878. The van der Waals surface area contributed by atoms with Crippen LogP contribution in [0.1, 0.15) is 33.1 Å². The first kappa shape index (κ1) is 15.2. The van der Waals surface area contributed by atoms with Crippen LogP contribution in [0.4, 0.5) is 5.13 Å². The number of esters is 1. The molecule has 2 aromatic heterocycles. The predicted octanol–water partition coefficient (Wildman–Crippen LogP) is 2.63. The summed E-state index contributed by atoms with van der Waals surface area (Å²) in [5.41, 5.74) is 1.91. The molecule has 21 heavy (non-hydrogen) atoms. The van der Waals surface area contributed by atoms with Gasteiger partial charge in [-0.05, 0) is 20.8 Å². The summed E-state index contributed by atoms with van der Waals surface area (Å²) in [7, 11) is 1.32. The van der Waals surface area contributed by atoms with E-state index in [1.807, 2.05) is 13.8 Å². The number of methoxy groups -OCH3 is 1. The maximum atomic E-state index is 12.3. The Labute approximate surface area is 126 Å². The first-order valence-electron chi connectivity index (χ1n) is 6.31. The molecule has 0 unspecified atom stereocenters. The summed E-state index contributed by atoms with van der Waals surface area (Å²) in [4.78, 5) is 27.6. The van der Waals surface area contributed by atoms with E-state index in [1.165, 1.54) is 18.4 Å². The number of carbonyl (C=O) groups is 2. The van der Waals surface area contributed by atoms with Crippen LogP contribution in [0.15, 0.2) is 9.80 Å². The van der Waals surface area contributed by atoms with Gasteiger partial charge in [-0.15, -0.1) is 11.3 Å². The van der Waals surface area contributed by atoms with Crippen LogP contribution in [-0.4, -0.2) is 24.0 Å². The number of rotatable bonds is 4. The molecule has 2 heterocycles. The van der Waals surface area contributed by atoms with Gasteiger partial charge in [0.25, 0.3) is 5.91 Å². The number of hydrogen-bond donors (Lipinski definition) is 1. The van der Waals surface area contributed by atoms with Crippen molar-refractivity contribution in [3.63, 3.8) is 0 Å². The van der Waals surface area contributed by atoms with Gasteiger partial charge in [0.2, 0.25) is 0 Å². The third kappa shape index (κ3) is 3.30. The van der Waals surface area contributed by atoms with Crippen molar-refractivity contribution in [2.45, 2.75) is 27.2 Å². The van der Waals surface area contributed by atoms with Crippen molar-refractivity contribution in [3.05, 3.63) is 33.7 Å². The molecule has 0 atom stereocenters. The molecule has 0 bridgehead atoms. The summed E-state index contributed by atoms with van der Waals surface area (Å²) in [6, 6.07) is 0. The van der Waals surface area contributed by atoms with Crippen LogP contribution in [-0.2, 0) is 16.0 Å². The first-order chi connectivity index (χ1) is 9.92. The lowest BCUT2D eigenvalue weighted by atomic mass is 10.1. The summed E-state index contributed by atoms with van der Waals surface area (Å²) in [6.45, 7) is 5.40. The predicted molar refractivity (Wildman–Crippen MR) is 78.7 cm³/mol. The number of hydrogen-bond acceptors (Lipinski definition) is 6. The topological polar surface area (TPSA) is 81.4 Å². The van der Waals surface area contributed by atoms with Gasteiger partial charge in [0.15, 0.2) is 5.13 Å². The van der Waals surface area contributed by atoms with Crippen LogP contribution in [0.3, 0.4) is 0 Å². The molecular weight excluding hydrogens is 292 g/mol. The summed E-state index contributed by atoms with van der Waals surface area (Å²) in [6.07, 6.45) is 0.0890. The Morgan fingerprint density at radius 1 is 1.33 bits per heavy atom. The Hall–Kier alpha value is -2.15. The summed E-state index contributed by atoms with van der Waals surface area (Å²) in [5, 5.41) is 4.88. The Kier molecular flexibility index (Phi) is 4.42. The molecule has 0 aromatic carbocycles. The van der Waals surface area contributed by atoms with E-state index in [4.69, 9.17) is 4.42 Å². The largest absolute Gasteiger partial charge is 0.469 e. The van der Waals surface area contributed by atoms with E-state index in [1.54, 1.807) is 12.3 Å². The van der Waals surface area contributed by atoms with Gasteiger partial charge in [-0.25, -0.2) is 4.98 Å². The molecule has 0 spiro atoms. The van der Waals surface area contributed by atoms with Gasteiger partial charge in [0.1, 0.15) is 11.5 Å². The standard InChI is InChI=1S/C14H16N2O4S/c1-7-8(2)20-9(3)12(7)13(18)16-14-15-10(6-21-14)5-11(17)19-4/h6H,5H2,1-4H3,(H,15,16,18). The second-order valence-corrected chi connectivity index (χ2v) is 5.42. The number of nitrogens with one attached hydrogen (secondary N) is 1. The molecule has 2 aromatic rings. The maximum absolute atomic E-state index is 12.3. The van der Waals surface area contributed by atoms with Crippen LogP contribution in [0.25, 0.3) is 0 Å². The Bertz CT molecular complexity index is 687. The van der Waals surface area contributed by atoms with E-state index in [0.717, 1.165) is 11.3 Å². The second-order valence-electron chi connectivity index (χ2n) is 4.57. The number of thiazole rings is 1. The Morgan fingerprint density at radius 3 is 2.62 bits per heavy atom. The average Bonchev–Trinajstić information content (AvgIpc) is 2.95. The summed E-state index contributed by atoms with van der Waals surface area (Å²) >= 11 is 1.26. The van der Waals surface area contributed by atoms with E-state index in [9.17, 15) is 9.59 Å². The van der Waals surface area contributed by atoms with Gasteiger partial charge in [0, 0.05) is 10.9 Å². The SMILES string of the molecule is COC(=O)Cc1csc(NC(=O)c2c(C)oc(C)c2C)n1. The molecule has 7 heteroatoms. The van der Waals surface area contributed by atoms with Crippen LogP contribution in [0.2, 0.25) is 0 Å². The lowest BCUT2D eigenvalue weighted by Crippen LogP contribution is -2.13. The van der Waals surface area contributed by atoms with Crippen LogP contribution in [0.5, 0.6) is 0 Å². The number of amides is 1. The number of ether oxygens (including phenoxy) is 1. The zero-order chi connectivity index (χ0) is 15.6. The van der Waals surface area contributed by atoms with Crippen LogP contribution < -0.4 is 5.32 Å². The van der Waals surface area contributed by atoms with Crippen molar-refractivity contribution in [2.75, 3.05) is 12.4 Å². The van der Waals surface area contributed by atoms with E-state index in [2.05, 4.69) is 15.0 Å². The normalized spacial score (nSPS) is 10.5. The maximum Gasteiger partial charge on any atom is 0.311 e. The number of carbonyl (C=O) groups excluding carboxylic acids is 2. The smallest absolute Gasteiger partial charge is 0.311 e. The molecule has 0 aliphatic heterocycles. The average molecular weight is 308 g/mol. The van der Waals surface area contributed by atoms with Gasteiger partial charge in [-0.1, -0.05) is 0 Å². The molecule has 0 aliphatic carbocycles. The summed E-state index contributed by atoms with van der Waals surface area (Å²) in [5.74, 6) is 0.674. The number of nitrogens with zero attached hydrogens (tertiary/aromatic N) is 1. The van der Waals surface area contributed by atoms with E-state index in [0.29, 0.717) is 22.1 Å². The van der Waals surface area contributed by atoms with Crippen molar-refractivity contribution in [1.82, 2.24) is 4.98 Å². The zero-order valence-electron chi connectivity index (χ0n) is 12.3. The van der Waals surface area contributed by atoms with E-state index in [-0.39, 0.29) is 18.3 Å². The highest BCUT2D eigenvalue weighted by Crippen LogP contribution is 2.23. The minimum Gasteiger partial charge on any atom is -0.469 e. The van der Waals surface area contributed by atoms with Crippen molar-refractivity contribution < 1.29 is 18.7 Å². The fourth-order valence-corrected chi connectivity index (χ4v) is 2.66. The second kappa shape index (κ2) is 6.09. The lowest BCUT2D eigenvalue weighted by molar-refractivity contribution is -0.139. The van der Waals surface area contributed by atoms with Gasteiger partial charge in [-0.2, -0.15) is 0 Å². The Morgan fingerprint density at radius 2 is 2.05 bits per heavy atom. The molecule has 0 radical (unpaired) electrons. The van der Waals surface area contributed by atoms with Gasteiger partial charge >= 0.3 is 5.97 Å². The third-order valence-corrected chi connectivity index (χ3v) is 3.92. The van der Waals surface area contributed by atoms with Crippen molar-refractivity contribution >= 4 is 28.3 Å². The molecule has 0 fully saturated rings. The van der Waals surface area contributed by atoms with Gasteiger partial charge < -0.3 is 9.15 Å². The molecule has 0 aliphatic rings. The van der Waals surface area contributed by atoms with Crippen LogP contribution >= 0.6 is 11.3 Å². The molecule has 6 nitrogen and oxygen atoms in total. The van der Waals surface area contributed by atoms with Gasteiger partial charge in [0.05, 0.1) is 24.8 Å². The number of aromatic nitrogens is 1. The molecule has 1 N–H and O–H groups in total. The first-order valence-corrected chi connectivity index (χ1v) is 7.19. The van der Waals surface area contributed by atoms with E-state index >= 15 is 0 Å². The fraction of sp³-hybridized carbons (Fsp3) is 0.357. The highest BCUT2D eigenvalue weighted by atomic mass is 32.1. The molecule has 1 amide bonds. The highest BCUT2D eigenvalue weighted by molar-refractivity contribution is 7.14. The molecule has 0 saturated heterocycles. The highest BCUT2D eigenvalue weighted by Gasteiger charge is 2.19.